The van der Waals surface area contributed by atoms with Crippen molar-refractivity contribution in [3.05, 3.63) is 0 Å². The van der Waals surface area contributed by atoms with Crippen molar-refractivity contribution in [1.29, 1.82) is 0 Å². The van der Waals surface area contributed by atoms with Gasteiger partial charge >= 0.3 is 0 Å². The Bertz CT molecular complexity index is 525. The molecule has 0 rings (SSSR count). The number of carbonyl (C=O) groups excluding carboxylic acids is 5. The van der Waals surface area contributed by atoms with Crippen molar-refractivity contribution in [1.82, 2.24) is 26.6 Å². The predicted octanol–water partition coefficient (Wildman–Crippen LogP) is -2.90. The van der Waals surface area contributed by atoms with Gasteiger partial charge in [0.1, 0.15) is 6.04 Å². The topological polar surface area (TPSA) is 172 Å². The minimum absolute atomic E-state index is 0.228. The summed E-state index contributed by atoms with van der Waals surface area (Å²) in [6.07, 6.45) is 2.22. The van der Waals surface area contributed by atoms with Gasteiger partial charge in [0, 0.05) is 6.42 Å². The highest BCUT2D eigenvalue weighted by Gasteiger charge is 2.18. The maximum absolute atomic E-state index is 11.8. The molecule has 1 atom stereocenters. The lowest BCUT2D eigenvalue weighted by Gasteiger charge is -2.15. The van der Waals surface area contributed by atoms with E-state index in [1.54, 1.807) is 6.92 Å². The Morgan fingerprint density at radius 3 is 1.81 bits per heavy atom. The van der Waals surface area contributed by atoms with Crippen LogP contribution in [0.25, 0.3) is 0 Å². The van der Waals surface area contributed by atoms with Crippen LogP contribution < -0.4 is 32.3 Å². The summed E-state index contributed by atoms with van der Waals surface area (Å²) in [6, 6.07) is -0.798. The maximum Gasteiger partial charge on any atom is 0.240 e. The summed E-state index contributed by atoms with van der Waals surface area (Å²) in [4.78, 5) is 57.3. The Kier molecular flexibility index (Phi) is 13.0. The molecule has 0 aromatic rings. The molecule has 0 unspecified atom stereocenters. The molecule has 0 heterocycles. The molecule has 0 spiro atoms. The van der Waals surface area contributed by atoms with Gasteiger partial charge in [-0.15, -0.1) is 0 Å². The van der Waals surface area contributed by atoms with E-state index in [-0.39, 0.29) is 32.0 Å². The Labute approximate surface area is 158 Å². The van der Waals surface area contributed by atoms with Gasteiger partial charge in [-0.05, 0) is 32.9 Å². The number of nitrogens with two attached hydrogens (primary N) is 1. The van der Waals surface area contributed by atoms with E-state index >= 15 is 0 Å². The molecular weight excluding hydrogens is 356 g/mol. The molecule has 0 saturated carbocycles. The van der Waals surface area contributed by atoms with E-state index in [4.69, 9.17) is 5.73 Å². The molecular formula is C16H30N6O5. The van der Waals surface area contributed by atoms with Crippen LogP contribution in [0, 0.1) is 0 Å². The summed E-state index contributed by atoms with van der Waals surface area (Å²) in [5.74, 6) is -2.57. The summed E-state index contributed by atoms with van der Waals surface area (Å²) < 4.78 is 0. The fourth-order valence-corrected chi connectivity index (χ4v) is 1.97. The standard InChI is InChI=1S/C16H30N6O5/c1-3-12(23)19-8-13(24)20-9-14(25)21-10-15(26)22-11(16(17)27)6-4-5-7-18-2/h11,18H,3-10H2,1-2H3,(H2,17,27)(H,19,23)(H,20,24)(H,21,25)(H,22,26)/t11-/m0/s1. The van der Waals surface area contributed by atoms with E-state index in [1.807, 2.05) is 7.05 Å². The molecule has 11 heteroatoms. The van der Waals surface area contributed by atoms with Crippen LogP contribution in [0.5, 0.6) is 0 Å². The first-order valence-electron chi connectivity index (χ1n) is 8.83. The normalized spacial score (nSPS) is 11.2. The van der Waals surface area contributed by atoms with E-state index < -0.39 is 29.7 Å². The SMILES string of the molecule is CCC(=O)NCC(=O)NCC(=O)NCC(=O)N[C@@H](CCCCNC)C(N)=O. The van der Waals surface area contributed by atoms with Crippen molar-refractivity contribution >= 4 is 29.5 Å². The van der Waals surface area contributed by atoms with Crippen molar-refractivity contribution in [2.24, 2.45) is 5.73 Å². The van der Waals surface area contributed by atoms with Gasteiger partial charge in [0.15, 0.2) is 0 Å². The Morgan fingerprint density at radius 2 is 1.33 bits per heavy atom. The second kappa shape index (κ2) is 14.5. The molecule has 0 aliphatic rings. The third-order valence-corrected chi connectivity index (χ3v) is 3.51. The minimum atomic E-state index is -0.798. The van der Waals surface area contributed by atoms with Crippen LogP contribution in [0.4, 0.5) is 0 Å². The van der Waals surface area contributed by atoms with Crippen LogP contribution in [-0.4, -0.2) is 68.8 Å². The molecule has 154 valence electrons. The van der Waals surface area contributed by atoms with E-state index in [0.29, 0.717) is 12.8 Å². The lowest BCUT2D eigenvalue weighted by molar-refractivity contribution is -0.129. The maximum atomic E-state index is 11.8. The van der Waals surface area contributed by atoms with Gasteiger partial charge in [-0.25, -0.2) is 0 Å². The van der Waals surface area contributed by atoms with Crippen LogP contribution in [-0.2, 0) is 24.0 Å². The monoisotopic (exact) mass is 386 g/mol. The Morgan fingerprint density at radius 1 is 0.815 bits per heavy atom. The van der Waals surface area contributed by atoms with Crippen LogP contribution in [0.2, 0.25) is 0 Å². The van der Waals surface area contributed by atoms with Crippen molar-refractivity contribution in [3.8, 4) is 0 Å². The Balaban J connectivity index is 4.06. The molecule has 5 amide bonds. The summed E-state index contributed by atoms with van der Waals surface area (Å²) in [6.45, 7) is 1.54. The largest absolute Gasteiger partial charge is 0.368 e. The average molecular weight is 386 g/mol. The average Bonchev–Trinajstić information content (AvgIpc) is 2.64. The molecule has 27 heavy (non-hydrogen) atoms. The first kappa shape index (κ1) is 24.3. The number of hydrogen-bond acceptors (Lipinski definition) is 6. The highest BCUT2D eigenvalue weighted by Crippen LogP contribution is 2.00. The number of rotatable bonds is 14. The lowest BCUT2D eigenvalue weighted by atomic mass is 10.1. The fourth-order valence-electron chi connectivity index (χ4n) is 1.97. The van der Waals surface area contributed by atoms with Crippen LogP contribution in [0.15, 0.2) is 0 Å². The quantitative estimate of drug-likeness (QED) is 0.175. The highest BCUT2D eigenvalue weighted by atomic mass is 16.2. The van der Waals surface area contributed by atoms with Crippen molar-refractivity contribution in [3.63, 3.8) is 0 Å². The molecule has 0 aromatic heterocycles. The number of unbranched alkanes of at least 4 members (excludes halogenated alkanes) is 1. The number of amides is 5. The predicted molar refractivity (Wildman–Crippen MR) is 98.2 cm³/mol. The zero-order valence-electron chi connectivity index (χ0n) is 15.9. The third kappa shape index (κ3) is 13.2. The number of carbonyl (C=O) groups is 5. The highest BCUT2D eigenvalue weighted by molar-refractivity contribution is 5.91. The summed E-state index contributed by atoms with van der Waals surface area (Å²) in [5.41, 5.74) is 5.26. The molecule has 0 saturated heterocycles. The van der Waals surface area contributed by atoms with Gasteiger partial charge in [0.25, 0.3) is 0 Å². The number of hydrogen-bond donors (Lipinski definition) is 6. The molecule has 0 aromatic carbocycles. The number of primary amides is 1. The first-order valence-corrected chi connectivity index (χ1v) is 8.83. The van der Waals surface area contributed by atoms with Crippen molar-refractivity contribution < 1.29 is 24.0 Å². The Hall–Kier alpha value is -2.69. The fraction of sp³-hybridized carbons (Fsp3) is 0.688. The van der Waals surface area contributed by atoms with E-state index in [9.17, 15) is 24.0 Å². The molecule has 0 aliphatic heterocycles. The summed E-state index contributed by atoms with van der Waals surface area (Å²) >= 11 is 0. The minimum Gasteiger partial charge on any atom is -0.368 e. The van der Waals surface area contributed by atoms with Gasteiger partial charge in [0.2, 0.25) is 29.5 Å². The van der Waals surface area contributed by atoms with E-state index in [1.165, 1.54) is 0 Å². The zero-order chi connectivity index (χ0) is 20.7. The summed E-state index contributed by atoms with van der Waals surface area (Å²) in [5, 5.41) is 12.4. The number of nitrogens with one attached hydrogen (secondary N) is 5. The van der Waals surface area contributed by atoms with Crippen LogP contribution in [0.1, 0.15) is 32.6 Å². The molecule has 0 aliphatic carbocycles. The molecule has 7 N–H and O–H groups in total. The molecule has 11 nitrogen and oxygen atoms in total. The van der Waals surface area contributed by atoms with Gasteiger partial charge < -0.3 is 32.3 Å². The second-order valence-electron chi connectivity index (χ2n) is 5.81. The smallest absolute Gasteiger partial charge is 0.240 e. The van der Waals surface area contributed by atoms with Gasteiger partial charge in [-0.1, -0.05) is 6.92 Å². The van der Waals surface area contributed by atoms with Crippen LogP contribution in [0.3, 0.4) is 0 Å². The second-order valence-corrected chi connectivity index (χ2v) is 5.81. The molecule has 0 radical (unpaired) electrons. The van der Waals surface area contributed by atoms with Crippen LogP contribution >= 0.6 is 0 Å². The van der Waals surface area contributed by atoms with Gasteiger partial charge in [0.05, 0.1) is 19.6 Å². The van der Waals surface area contributed by atoms with E-state index in [0.717, 1.165) is 13.0 Å². The van der Waals surface area contributed by atoms with Gasteiger partial charge in [-0.3, -0.25) is 24.0 Å². The lowest BCUT2D eigenvalue weighted by Crippen LogP contribution is -2.49. The first-order chi connectivity index (χ1) is 12.8. The summed E-state index contributed by atoms with van der Waals surface area (Å²) in [7, 11) is 1.82. The molecule has 0 bridgehead atoms. The van der Waals surface area contributed by atoms with E-state index in [2.05, 4.69) is 26.6 Å². The zero-order valence-corrected chi connectivity index (χ0v) is 15.9. The van der Waals surface area contributed by atoms with Crippen molar-refractivity contribution in [2.45, 2.75) is 38.6 Å². The van der Waals surface area contributed by atoms with Crippen molar-refractivity contribution in [2.75, 3.05) is 33.2 Å². The van der Waals surface area contributed by atoms with Gasteiger partial charge in [-0.2, -0.15) is 0 Å². The third-order valence-electron chi connectivity index (χ3n) is 3.51. The molecule has 0 fully saturated rings.